The minimum atomic E-state index is -0.479. The summed E-state index contributed by atoms with van der Waals surface area (Å²) in [5, 5.41) is 17.2. The van der Waals surface area contributed by atoms with E-state index in [4.69, 9.17) is 0 Å². The van der Waals surface area contributed by atoms with Crippen molar-refractivity contribution in [2.75, 3.05) is 11.1 Å². The van der Waals surface area contributed by atoms with E-state index in [0.29, 0.717) is 5.69 Å². The van der Waals surface area contributed by atoms with Gasteiger partial charge in [-0.1, -0.05) is 42.1 Å². The molecule has 2 heterocycles. The molecule has 0 spiro atoms. The molecule has 4 aromatic rings. The van der Waals surface area contributed by atoms with E-state index < -0.39 is 4.92 Å². The summed E-state index contributed by atoms with van der Waals surface area (Å²) in [7, 11) is 0. The van der Waals surface area contributed by atoms with Crippen LogP contribution in [0.3, 0.4) is 0 Å². The summed E-state index contributed by atoms with van der Waals surface area (Å²) >= 11 is 2.88. The molecule has 0 saturated heterocycles. The normalized spacial score (nSPS) is 10.8. The van der Waals surface area contributed by atoms with Gasteiger partial charge in [-0.2, -0.15) is 0 Å². The maximum Gasteiger partial charge on any atom is 0.269 e. The standard InChI is InChI=1S/C20H14N4O3S2/c25-17(23-14-6-8-15(9-7-14)24(26)27)11-29-20-18-16(13-4-2-1-3-5-13)10-28-19(18)21-12-22-20/h1-10,12H,11H2,(H,23,25). The first-order valence-electron chi connectivity index (χ1n) is 8.56. The molecule has 0 aliphatic rings. The second kappa shape index (κ2) is 8.38. The predicted molar refractivity (Wildman–Crippen MR) is 115 cm³/mol. The van der Waals surface area contributed by atoms with Crippen LogP contribution in [0.4, 0.5) is 11.4 Å². The lowest BCUT2D eigenvalue weighted by Gasteiger charge is -2.07. The predicted octanol–water partition coefficient (Wildman–Crippen LogP) is 5.00. The third kappa shape index (κ3) is 4.25. The molecule has 0 saturated carbocycles. The largest absolute Gasteiger partial charge is 0.325 e. The van der Waals surface area contributed by atoms with E-state index in [1.165, 1.54) is 42.4 Å². The van der Waals surface area contributed by atoms with Gasteiger partial charge in [-0.05, 0) is 17.7 Å². The summed E-state index contributed by atoms with van der Waals surface area (Å²) in [6.45, 7) is 0. The molecule has 7 nitrogen and oxygen atoms in total. The van der Waals surface area contributed by atoms with Gasteiger partial charge in [0.25, 0.3) is 5.69 Å². The summed E-state index contributed by atoms with van der Waals surface area (Å²) in [6.07, 6.45) is 1.50. The summed E-state index contributed by atoms with van der Waals surface area (Å²) in [5.74, 6) is -0.0557. The fourth-order valence-corrected chi connectivity index (χ4v) is 4.58. The monoisotopic (exact) mass is 422 g/mol. The number of aromatic nitrogens is 2. The summed E-state index contributed by atoms with van der Waals surface area (Å²) in [6, 6.07) is 15.7. The molecule has 4 rings (SSSR count). The van der Waals surface area contributed by atoms with Gasteiger partial charge in [0.15, 0.2) is 0 Å². The minimum absolute atomic E-state index is 0.0216. The molecule has 0 radical (unpaired) electrons. The number of thiophene rings is 1. The van der Waals surface area contributed by atoms with Gasteiger partial charge in [0, 0.05) is 28.8 Å². The molecular weight excluding hydrogens is 408 g/mol. The number of amides is 1. The Morgan fingerprint density at radius 2 is 1.86 bits per heavy atom. The summed E-state index contributed by atoms with van der Waals surface area (Å²) in [5.41, 5.74) is 2.61. The molecule has 0 atom stereocenters. The number of nitrogens with zero attached hydrogens (tertiary/aromatic N) is 3. The van der Waals surface area contributed by atoms with Gasteiger partial charge in [-0.15, -0.1) is 11.3 Å². The Balaban J connectivity index is 1.50. The Labute approximate surface area is 174 Å². The first-order valence-corrected chi connectivity index (χ1v) is 10.4. The SMILES string of the molecule is O=C(CSc1ncnc2scc(-c3ccccc3)c12)Nc1ccc([N+](=O)[O-])cc1. The van der Waals surface area contributed by atoms with Gasteiger partial charge in [0.1, 0.15) is 16.2 Å². The van der Waals surface area contributed by atoms with Gasteiger partial charge in [-0.25, -0.2) is 9.97 Å². The lowest BCUT2D eigenvalue weighted by Crippen LogP contribution is -2.14. The fraction of sp³-hybridized carbons (Fsp3) is 0.0500. The zero-order chi connectivity index (χ0) is 20.2. The summed E-state index contributed by atoms with van der Waals surface area (Å²) in [4.78, 5) is 32.2. The number of rotatable bonds is 6. The zero-order valence-electron chi connectivity index (χ0n) is 14.9. The van der Waals surface area contributed by atoms with E-state index in [1.807, 2.05) is 30.3 Å². The van der Waals surface area contributed by atoms with Crippen LogP contribution in [0, 0.1) is 10.1 Å². The zero-order valence-corrected chi connectivity index (χ0v) is 16.6. The molecule has 0 aliphatic carbocycles. The van der Waals surface area contributed by atoms with Crippen LogP contribution >= 0.6 is 23.1 Å². The molecule has 1 amide bonds. The first-order chi connectivity index (χ1) is 14.1. The molecule has 0 fully saturated rings. The number of hydrogen-bond acceptors (Lipinski definition) is 7. The number of non-ortho nitro benzene ring substituents is 1. The number of nitro benzene ring substituents is 1. The maximum atomic E-state index is 12.3. The van der Waals surface area contributed by atoms with Crippen molar-refractivity contribution in [1.29, 1.82) is 0 Å². The number of anilines is 1. The van der Waals surface area contributed by atoms with Crippen molar-refractivity contribution < 1.29 is 9.72 Å². The van der Waals surface area contributed by atoms with Gasteiger partial charge in [0.05, 0.1) is 16.1 Å². The summed E-state index contributed by atoms with van der Waals surface area (Å²) < 4.78 is 0. The van der Waals surface area contributed by atoms with Gasteiger partial charge in [-0.3, -0.25) is 14.9 Å². The van der Waals surface area contributed by atoms with Crippen molar-refractivity contribution in [1.82, 2.24) is 9.97 Å². The Morgan fingerprint density at radius 1 is 1.10 bits per heavy atom. The van der Waals surface area contributed by atoms with Crippen molar-refractivity contribution in [2.45, 2.75) is 5.03 Å². The van der Waals surface area contributed by atoms with E-state index in [1.54, 1.807) is 11.3 Å². The highest BCUT2D eigenvalue weighted by Gasteiger charge is 2.15. The topological polar surface area (TPSA) is 98.0 Å². The maximum absolute atomic E-state index is 12.3. The van der Waals surface area contributed by atoms with Gasteiger partial charge < -0.3 is 5.32 Å². The average Bonchev–Trinajstić information content (AvgIpc) is 3.18. The van der Waals surface area contributed by atoms with Crippen LogP contribution in [-0.2, 0) is 4.79 Å². The Bertz CT molecular complexity index is 1180. The molecule has 144 valence electrons. The van der Waals surface area contributed by atoms with Crippen molar-refractivity contribution in [3.8, 4) is 11.1 Å². The lowest BCUT2D eigenvalue weighted by molar-refractivity contribution is -0.384. The molecular formula is C20H14N4O3S2. The first kappa shape index (κ1) is 19.0. The lowest BCUT2D eigenvalue weighted by atomic mass is 10.1. The van der Waals surface area contributed by atoms with Gasteiger partial charge in [0.2, 0.25) is 5.91 Å². The van der Waals surface area contributed by atoms with Crippen molar-refractivity contribution in [2.24, 2.45) is 0 Å². The van der Waals surface area contributed by atoms with E-state index in [-0.39, 0.29) is 17.3 Å². The molecule has 29 heavy (non-hydrogen) atoms. The molecule has 2 aromatic heterocycles. The minimum Gasteiger partial charge on any atom is -0.325 e. The van der Waals surface area contributed by atoms with Crippen LogP contribution in [0.1, 0.15) is 0 Å². The number of thioether (sulfide) groups is 1. The van der Waals surface area contributed by atoms with Crippen molar-refractivity contribution in [3.05, 3.63) is 76.4 Å². The number of fused-ring (bicyclic) bond motifs is 1. The number of hydrogen-bond donors (Lipinski definition) is 1. The second-order valence-electron chi connectivity index (χ2n) is 6.02. The highest BCUT2D eigenvalue weighted by Crippen LogP contribution is 2.37. The number of nitrogens with one attached hydrogen (secondary N) is 1. The fourth-order valence-electron chi connectivity index (χ4n) is 2.78. The van der Waals surface area contributed by atoms with Crippen molar-refractivity contribution in [3.63, 3.8) is 0 Å². The molecule has 9 heteroatoms. The van der Waals surface area contributed by atoms with Crippen LogP contribution in [0.5, 0.6) is 0 Å². The Hall–Kier alpha value is -3.30. The van der Waals surface area contributed by atoms with E-state index in [2.05, 4.69) is 20.7 Å². The molecule has 0 unspecified atom stereocenters. The molecule has 0 bridgehead atoms. The smallest absolute Gasteiger partial charge is 0.269 e. The highest BCUT2D eigenvalue weighted by molar-refractivity contribution is 8.00. The molecule has 1 N–H and O–H groups in total. The van der Waals surface area contributed by atoms with E-state index >= 15 is 0 Å². The van der Waals surface area contributed by atoms with Crippen LogP contribution in [0.2, 0.25) is 0 Å². The van der Waals surface area contributed by atoms with Crippen LogP contribution in [0.15, 0.2) is 71.3 Å². The Kier molecular flexibility index (Phi) is 5.50. The van der Waals surface area contributed by atoms with Crippen molar-refractivity contribution >= 4 is 50.6 Å². The third-order valence-electron chi connectivity index (χ3n) is 4.12. The quantitative estimate of drug-likeness (QED) is 0.203. The van der Waals surface area contributed by atoms with Crippen LogP contribution < -0.4 is 5.32 Å². The molecule has 2 aromatic carbocycles. The highest BCUT2D eigenvalue weighted by atomic mass is 32.2. The third-order valence-corrected chi connectivity index (χ3v) is 6.00. The van der Waals surface area contributed by atoms with E-state index in [0.717, 1.165) is 26.4 Å². The number of nitro groups is 1. The van der Waals surface area contributed by atoms with E-state index in [9.17, 15) is 14.9 Å². The van der Waals surface area contributed by atoms with Gasteiger partial charge >= 0.3 is 0 Å². The Morgan fingerprint density at radius 3 is 2.59 bits per heavy atom. The number of carbonyl (C=O) groups excluding carboxylic acids is 1. The second-order valence-corrected chi connectivity index (χ2v) is 7.84. The number of carbonyl (C=O) groups is 1. The average molecular weight is 422 g/mol. The molecule has 0 aliphatic heterocycles. The van der Waals surface area contributed by atoms with Crippen LogP contribution in [-0.4, -0.2) is 26.6 Å². The van der Waals surface area contributed by atoms with Crippen LogP contribution in [0.25, 0.3) is 21.3 Å². The number of benzene rings is 2.